The van der Waals surface area contributed by atoms with Crippen LogP contribution in [-0.4, -0.2) is 26.0 Å². The van der Waals surface area contributed by atoms with E-state index in [-0.39, 0.29) is 16.6 Å². The van der Waals surface area contributed by atoms with Crippen LogP contribution in [0.1, 0.15) is 21.5 Å². The molecule has 0 saturated heterocycles. The molecule has 5 rings (SSSR count). The Morgan fingerprint density at radius 3 is 2.32 bits per heavy atom. The Bertz CT molecular complexity index is 1550. The van der Waals surface area contributed by atoms with Crippen molar-refractivity contribution >= 4 is 38.7 Å². The van der Waals surface area contributed by atoms with E-state index in [0.717, 1.165) is 11.1 Å². The number of nitrogens with zero attached hydrogens (tertiary/aromatic N) is 1. The maximum Gasteiger partial charge on any atom is 0.264 e. The van der Waals surface area contributed by atoms with Gasteiger partial charge in [-0.25, -0.2) is 8.42 Å². The number of benzene rings is 4. The standard InChI is InChI=1S/C28H26N4O4S/c29-24-5-1-2-6-25(24)31-28(34)21-10-8-19(9-11-21)18-30-26-7-3-4-20-16-17-32(27(20)26)37(35,36)23-14-12-22(33)13-15-23/h1-15,30,33H,16-18,29H2,(H,31,34). The number of aromatic hydroxyl groups is 1. The molecule has 0 spiro atoms. The van der Waals surface area contributed by atoms with Crippen LogP contribution in [0.4, 0.5) is 22.7 Å². The molecule has 0 fully saturated rings. The van der Waals surface area contributed by atoms with Crippen molar-refractivity contribution in [2.24, 2.45) is 0 Å². The summed E-state index contributed by atoms with van der Waals surface area (Å²) in [4.78, 5) is 12.7. The van der Waals surface area contributed by atoms with Gasteiger partial charge in [0.05, 0.1) is 27.6 Å². The van der Waals surface area contributed by atoms with Gasteiger partial charge < -0.3 is 21.5 Å². The number of hydrogen-bond donors (Lipinski definition) is 4. The SMILES string of the molecule is Nc1ccccc1NC(=O)c1ccc(CNc2cccc3c2N(S(=O)(=O)c2ccc(O)cc2)CC3)cc1. The minimum Gasteiger partial charge on any atom is -0.508 e. The topological polar surface area (TPSA) is 125 Å². The lowest BCUT2D eigenvalue weighted by atomic mass is 10.1. The molecule has 0 atom stereocenters. The molecule has 0 bridgehead atoms. The van der Waals surface area contributed by atoms with Crippen molar-refractivity contribution in [2.45, 2.75) is 17.9 Å². The van der Waals surface area contributed by atoms with Crippen molar-refractivity contribution in [1.29, 1.82) is 0 Å². The first kappa shape index (κ1) is 24.2. The fraction of sp³-hybridized carbons (Fsp3) is 0.107. The summed E-state index contributed by atoms with van der Waals surface area (Å²) in [6, 6.07) is 25.5. The lowest BCUT2D eigenvalue weighted by Crippen LogP contribution is -2.29. The third-order valence-corrected chi connectivity index (χ3v) is 8.10. The van der Waals surface area contributed by atoms with Crippen LogP contribution in [0.15, 0.2) is 95.9 Å². The molecule has 0 radical (unpaired) electrons. The number of phenolic OH excluding ortho intramolecular Hbond substituents is 1. The second kappa shape index (κ2) is 9.87. The van der Waals surface area contributed by atoms with E-state index >= 15 is 0 Å². The summed E-state index contributed by atoms with van der Waals surface area (Å²) in [6.45, 7) is 0.782. The highest BCUT2D eigenvalue weighted by molar-refractivity contribution is 7.92. The van der Waals surface area contributed by atoms with Crippen molar-refractivity contribution in [3.63, 3.8) is 0 Å². The zero-order valence-corrected chi connectivity index (χ0v) is 20.7. The number of nitrogens with one attached hydrogen (secondary N) is 2. The second-order valence-electron chi connectivity index (χ2n) is 8.73. The number of carbonyl (C=O) groups excluding carboxylic acids is 1. The summed E-state index contributed by atoms with van der Waals surface area (Å²) >= 11 is 0. The molecule has 9 heteroatoms. The maximum absolute atomic E-state index is 13.4. The lowest BCUT2D eigenvalue weighted by Gasteiger charge is -2.23. The summed E-state index contributed by atoms with van der Waals surface area (Å²) in [5.74, 6) is -0.246. The largest absolute Gasteiger partial charge is 0.508 e. The monoisotopic (exact) mass is 514 g/mol. The zero-order valence-electron chi connectivity index (χ0n) is 19.9. The summed E-state index contributed by atoms with van der Waals surface area (Å²) in [7, 11) is -3.79. The molecule has 1 aliphatic heterocycles. The van der Waals surface area contributed by atoms with Crippen molar-refractivity contribution in [3.05, 3.63) is 108 Å². The molecule has 37 heavy (non-hydrogen) atoms. The molecule has 8 nitrogen and oxygen atoms in total. The highest BCUT2D eigenvalue weighted by Crippen LogP contribution is 2.39. The Morgan fingerprint density at radius 1 is 0.892 bits per heavy atom. The van der Waals surface area contributed by atoms with Gasteiger partial charge in [0.25, 0.3) is 15.9 Å². The molecule has 188 valence electrons. The predicted molar refractivity (Wildman–Crippen MR) is 145 cm³/mol. The van der Waals surface area contributed by atoms with E-state index in [1.165, 1.54) is 28.6 Å². The molecule has 0 unspecified atom stereocenters. The fourth-order valence-corrected chi connectivity index (χ4v) is 5.85. The minimum atomic E-state index is -3.79. The van der Waals surface area contributed by atoms with Crippen LogP contribution in [0.2, 0.25) is 0 Å². The third-order valence-electron chi connectivity index (χ3n) is 6.29. The molecular formula is C28H26N4O4S. The van der Waals surface area contributed by atoms with E-state index in [4.69, 9.17) is 5.73 Å². The molecule has 1 heterocycles. The number of amides is 1. The van der Waals surface area contributed by atoms with Crippen LogP contribution in [0.3, 0.4) is 0 Å². The van der Waals surface area contributed by atoms with E-state index in [0.29, 0.717) is 47.8 Å². The van der Waals surface area contributed by atoms with E-state index in [1.807, 2.05) is 30.3 Å². The van der Waals surface area contributed by atoms with Gasteiger partial charge in [0.15, 0.2) is 0 Å². The van der Waals surface area contributed by atoms with Crippen LogP contribution < -0.4 is 20.7 Å². The van der Waals surface area contributed by atoms with Gasteiger partial charge in [-0.05, 0) is 72.1 Å². The number of nitrogen functional groups attached to an aromatic ring is 1. The van der Waals surface area contributed by atoms with Crippen molar-refractivity contribution < 1.29 is 18.3 Å². The predicted octanol–water partition coefficient (Wildman–Crippen LogP) is 4.59. The molecule has 0 saturated carbocycles. The fourth-order valence-electron chi connectivity index (χ4n) is 4.33. The zero-order chi connectivity index (χ0) is 26.0. The molecule has 4 aromatic carbocycles. The van der Waals surface area contributed by atoms with E-state index in [1.54, 1.807) is 36.4 Å². The Balaban J connectivity index is 1.31. The number of carbonyl (C=O) groups is 1. The van der Waals surface area contributed by atoms with Gasteiger partial charge >= 0.3 is 0 Å². The summed E-state index contributed by atoms with van der Waals surface area (Å²) in [5, 5.41) is 15.7. The van der Waals surface area contributed by atoms with Crippen molar-refractivity contribution in [1.82, 2.24) is 0 Å². The number of fused-ring (bicyclic) bond motifs is 1. The van der Waals surface area contributed by atoms with Gasteiger partial charge in [-0.3, -0.25) is 9.10 Å². The normalized spacial score (nSPS) is 12.7. The number of nitrogens with two attached hydrogens (primary N) is 1. The number of anilines is 4. The average Bonchev–Trinajstić information content (AvgIpc) is 3.35. The Morgan fingerprint density at radius 2 is 1.59 bits per heavy atom. The average molecular weight is 515 g/mol. The quantitative estimate of drug-likeness (QED) is 0.267. The lowest BCUT2D eigenvalue weighted by molar-refractivity contribution is 0.102. The van der Waals surface area contributed by atoms with E-state index < -0.39 is 10.0 Å². The molecule has 0 aliphatic carbocycles. The first-order chi connectivity index (χ1) is 17.8. The molecule has 5 N–H and O–H groups in total. The Labute approximate surface area is 215 Å². The number of phenols is 1. The number of rotatable bonds is 7. The van der Waals surface area contributed by atoms with Gasteiger partial charge in [0.1, 0.15) is 5.75 Å². The Hall–Kier alpha value is -4.50. The van der Waals surface area contributed by atoms with Crippen LogP contribution in [0.25, 0.3) is 0 Å². The van der Waals surface area contributed by atoms with Crippen LogP contribution in [0, 0.1) is 0 Å². The number of hydrogen-bond acceptors (Lipinski definition) is 6. The first-order valence-electron chi connectivity index (χ1n) is 11.8. The number of para-hydroxylation sites is 3. The van der Waals surface area contributed by atoms with E-state index in [2.05, 4.69) is 10.6 Å². The van der Waals surface area contributed by atoms with E-state index in [9.17, 15) is 18.3 Å². The third kappa shape index (κ3) is 4.94. The minimum absolute atomic E-state index is 0.0100. The highest BCUT2D eigenvalue weighted by atomic mass is 32.2. The van der Waals surface area contributed by atoms with Crippen LogP contribution >= 0.6 is 0 Å². The van der Waals surface area contributed by atoms with Gasteiger partial charge in [-0.2, -0.15) is 0 Å². The summed E-state index contributed by atoms with van der Waals surface area (Å²) < 4.78 is 28.1. The van der Waals surface area contributed by atoms with Gasteiger partial charge in [-0.15, -0.1) is 0 Å². The van der Waals surface area contributed by atoms with Gasteiger partial charge in [-0.1, -0.05) is 36.4 Å². The van der Waals surface area contributed by atoms with Crippen molar-refractivity contribution in [2.75, 3.05) is 27.2 Å². The maximum atomic E-state index is 13.4. The molecule has 4 aromatic rings. The van der Waals surface area contributed by atoms with Gasteiger partial charge in [0, 0.05) is 18.7 Å². The molecule has 1 aliphatic rings. The first-order valence-corrected chi connectivity index (χ1v) is 13.2. The summed E-state index contributed by atoms with van der Waals surface area (Å²) in [6.07, 6.45) is 0.609. The second-order valence-corrected chi connectivity index (χ2v) is 10.6. The Kier molecular flexibility index (Phi) is 6.45. The van der Waals surface area contributed by atoms with Crippen LogP contribution in [0.5, 0.6) is 5.75 Å². The molecule has 0 aromatic heterocycles. The van der Waals surface area contributed by atoms with Gasteiger partial charge in [0.2, 0.25) is 0 Å². The smallest absolute Gasteiger partial charge is 0.264 e. The molecular weight excluding hydrogens is 488 g/mol. The van der Waals surface area contributed by atoms with Crippen molar-refractivity contribution in [3.8, 4) is 5.75 Å². The highest BCUT2D eigenvalue weighted by Gasteiger charge is 2.32. The number of sulfonamides is 1. The molecule has 1 amide bonds. The van der Waals surface area contributed by atoms with Crippen LogP contribution in [-0.2, 0) is 23.0 Å². The summed E-state index contributed by atoms with van der Waals surface area (Å²) in [5.41, 5.74) is 10.7.